The van der Waals surface area contributed by atoms with Gasteiger partial charge in [0.15, 0.2) is 0 Å². The molecule has 0 aromatic carbocycles. The lowest BCUT2D eigenvalue weighted by atomic mass is 10.4. The maximum Gasteiger partial charge on any atom is 0.339 e. The van der Waals surface area contributed by atoms with Gasteiger partial charge in [0, 0.05) is 18.3 Å². The molecule has 0 fully saturated rings. The van der Waals surface area contributed by atoms with Crippen molar-refractivity contribution in [3.05, 3.63) is 0 Å². The van der Waals surface area contributed by atoms with Gasteiger partial charge < -0.3 is 0 Å². The molecule has 0 N–H and O–H groups in total. The molecule has 0 radical (unpaired) electrons. The van der Waals surface area contributed by atoms with E-state index in [9.17, 15) is 9.13 Å². The van der Waals surface area contributed by atoms with E-state index in [1.165, 1.54) is 11.1 Å². The number of hydrogen-bond acceptors (Lipinski definition) is 2. The second-order valence-corrected chi connectivity index (χ2v) is 15.2. The van der Waals surface area contributed by atoms with Crippen LogP contribution in [0.5, 0.6) is 0 Å². The number of halogens is 7. The fraction of sp³-hybridized carbons (Fsp3) is 1.00. The lowest BCUT2D eigenvalue weighted by Crippen LogP contribution is -2.12. The van der Waals surface area contributed by atoms with E-state index in [-0.39, 0.29) is 0 Å². The fourth-order valence-corrected chi connectivity index (χ4v) is 1.80. The summed E-state index contributed by atoms with van der Waals surface area (Å²) < 4.78 is 21.5. The highest BCUT2D eigenvalue weighted by Crippen LogP contribution is 2.61. The second kappa shape index (κ2) is 15.3. The Morgan fingerprint density at radius 3 is 1.37 bits per heavy atom. The molecular weight excluding hydrogens is 440 g/mol. The predicted molar refractivity (Wildman–Crippen MR) is 93.5 cm³/mol. The van der Waals surface area contributed by atoms with Crippen LogP contribution < -0.4 is 0 Å². The summed E-state index contributed by atoms with van der Waals surface area (Å²) in [4.78, 5) is 0. The van der Waals surface area contributed by atoms with E-state index >= 15 is 0 Å². The Bertz CT molecular complexity index is 272. The first-order chi connectivity index (χ1) is 8.40. The Morgan fingerprint density at radius 2 is 1.32 bits per heavy atom. The van der Waals surface area contributed by atoms with E-state index in [0.29, 0.717) is 12.4 Å². The molecule has 0 aliphatic heterocycles. The molecule has 0 saturated heterocycles. The van der Waals surface area contributed by atoms with Crippen molar-refractivity contribution in [2.24, 2.45) is 0 Å². The molecule has 0 rings (SSSR count). The van der Waals surface area contributed by atoms with Crippen LogP contribution in [0, 0.1) is 0 Å². The first kappa shape index (κ1) is 26.4. The van der Waals surface area contributed by atoms with E-state index in [1.807, 2.05) is 0 Å². The lowest BCUT2D eigenvalue weighted by Gasteiger charge is -2.14. The normalized spacial score (nSPS) is 11.3. The zero-order valence-corrected chi connectivity index (χ0v) is 17.4. The summed E-state index contributed by atoms with van der Waals surface area (Å²) in [6, 6.07) is 0. The van der Waals surface area contributed by atoms with Crippen molar-refractivity contribution < 1.29 is 9.13 Å². The minimum atomic E-state index is -3.22. The smallest absolute Gasteiger partial charge is 0.271 e. The van der Waals surface area contributed by atoms with Gasteiger partial charge in [-0.2, -0.15) is 0 Å². The summed E-state index contributed by atoms with van der Waals surface area (Å²) in [6.45, 7) is 2.56. The van der Waals surface area contributed by atoms with Gasteiger partial charge >= 0.3 is 11.2 Å². The van der Waals surface area contributed by atoms with Crippen molar-refractivity contribution in [2.45, 2.75) is 19.8 Å². The van der Waals surface area contributed by atoms with Crippen LogP contribution in [-0.4, -0.2) is 30.0 Å². The molecule has 0 spiro atoms. The van der Waals surface area contributed by atoms with Crippen LogP contribution in [-0.2, 0) is 9.13 Å². The largest absolute Gasteiger partial charge is 0.339 e. The highest BCUT2D eigenvalue weighted by atomic mass is 36.0. The Labute approximate surface area is 148 Å². The quantitative estimate of drug-likeness (QED) is 0.316. The van der Waals surface area contributed by atoms with Crippen molar-refractivity contribution >= 4 is 90.6 Å². The summed E-state index contributed by atoms with van der Waals surface area (Å²) in [5.74, 6) is -1.89. The third-order valence-corrected chi connectivity index (χ3v) is 4.27. The van der Waals surface area contributed by atoms with Gasteiger partial charge in [-0.25, -0.2) is 4.67 Å². The van der Waals surface area contributed by atoms with Gasteiger partial charge in [-0.1, -0.05) is 13.3 Å². The standard InChI is InChI=1S/C4H9Cl.C3H7Cl3NOP.Cl3OP/c1-2-3-4-5;1-7(3-2-4)9(5,6)8;1-5(2,3)4/h2-4H2,1H3;2-3H2,1H3;. The van der Waals surface area contributed by atoms with Gasteiger partial charge in [0.25, 0.3) is 0 Å². The Balaban J connectivity index is -0.000000219. The van der Waals surface area contributed by atoms with Crippen LogP contribution >= 0.6 is 90.6 Å². The van der Waals surface area contributed by atoms with Crippen molar-refractivity contribution in [1.82, 2.24) is 4.67 Å². The number of unbranched alkanes of at least 4 members (excludes halogenated alkanes) is 1. The fourth-order valence-electron chi connectivity index (χ4n) is 0.372. The topological polar surface area (TPSA) is 37.4 Å². The van der Waals surface area contributed by atoms with Gasteiger partial charge in [-0.05, 0) is 69.7 Å². The SMILES string of the molecule is CCCCCl.CN(CCCl)P(=O)(Cl)Cl.O=P(Cl)(Cl)Cl. The molecule has 12 heteroatoms. The van der Waals surface area contributed by atoms with Crippen molar-refractivity contribution in [1.29, 1.82) is 0 Å². The zero-order valence-electron chi connectivity index (χ0n) is 10.3. The van der Waals surface area contributed by atoms with Crippen LogP contribution in [0.3, 0.4) is 0 Å². The van der Waals surface area contributed by atoms with Crippen LogP contribution in [0.1, 0.15) is 19.8 Å². The molecule has 0 aliphatic carbocycles. The number of hydrogen-bond donors (Lipinski definition) is 0. The zero-order chi connectivity index (χ0) is 16.1. The Kier molecular flexibility index (Phi) is 21.3. The molecule has 0 atom stereocenters. The van der Waals surface area contributed by atoms with Crippen molar-refractivity contribution in [3.8, 4) is 0 Å². The van der Waals surface area contributed by atoms with Crippen molar-refractivity contribution in [2.75, 3.05) is 25.4 Å². The van der Waals surface area contributed by atoms with Gasteiger partial charge in [0.1, 0.15) is 0 Å². The summed E-state index contributed by atoms with van der Waals surface area (Å²) in [6.07, 6.45) is 2.37. The average Bonchev–Trinajstić information content (AvgIpc) is 2.16. The minimum Gasteiger partial charge on any atom is -0.271 e. The van der Waals surface area contributed by atoms with Gasteiger partial charge in [-0.15, -0.1) is 23.2 Å². The molecule has 0 heterocycles. The van der Waals surface area contributed by atoms with E-state index in [4.69, 9.17) is 45.7 Å². The summed E-state index contributed by atoms with van der Waals surface area (Å²) in [7, 11) is 1.56. The summed E-state index contributed by atoms with van der Waals surface area (Å²) >= 11 is 35.0. The third-order valence-electron chi connectivity index (χ3n) is 1.29. The monoisotopic (exact) mass is 453 g/mol. The van der Waals surface area contributed by atoms with Crippen LogP contribution in [0.25, 0.3) is 0 Å². The third kappa shape index (κ3) is 38.5. The van der Waals surface area contributed by atoms with E-state index in [0.717, 1.165) is 12.3 Å². The van der Waals surface area contributed by atoms with Gasteiger partial charge in [-0.3, -0.25) is 9.13 Å². The molecule has 0 unspecified atom stereocenters. The molecule has 3 nitrogen and oxygen atoms in total. The first-order valence-corrected chi connectivity index (χ1v) is 13.9. The van der Waals surface area contributed by atoms with Gasteiger partial charge in [0.05, 0.1) is 0 Å². The second-order valence-electron chi connectivity index (χ2n) is 2.95. The Morgan fingerprint density at radius 1 is 0.947 bits per heavy atom. The number of nitrogens with zero attached hydrogens (tertiary/aromatic N) is 1. The lowest BCUT2D eigenvalue weighted by molar-refractivity contribution is 0.511. The molecule has 0 aromatic rings. The Hall–Kier alpha value is 2.45. The van der Waals surface area contributed by atoms with Gasteiger partial charge in [0.2, 0.25) is 0 Å². The molecule has 0 bridgehead atoms. The molecule has 0 amide bonds. The van der Waals surface area contributed by atoms with E-state index < -0.39 is 11.2 Å². The maximum absolute atomic E-state index is 10.7. The maximum atomic E-state index is 10.7. The molecule has 0 aliphatic rings. The van der Waals surface area contributed by atoms with E-state index in [1.54, 1.807) is 7.05 Å². The molecule has 120 valence electrons. The number of alkyl halides is 2. The van der Waals surface area contributed by atoms with Crippen LogP contribution in [0.2, 0.25) is 0 Å². The summed E-state index contributed by atoms with van der Waals surface area (Å²) in [5, 5.41) is -3.22. The molecule has 0 saturated carbocycles. The van der Waals surface area contributed by atoms with E-state index in [2.05, 4.69) is 40.6 Å². The molecule has 19 heavy (non-hydrogen) atoms. The predicted octanol–water partition coefficient (Wildman–Crippen LogP) is 7.58. The molecular formula is C7H16Cl7NO2P2. The highest BCUT2D eigenvalue weighted by Gasteiger charge is 2.19. The highest BCUT2D eigenvalue weighted by molar-refractivity contribution is 8.24. The van der Waals surface area contributed by atoms with Crippen molar-refractivity contribution in [3.63, 3.8) is 0 Å². The average molecular weight is 456 g/mol. The molecule has 0 aromatic heterocycles. The van der Waals surface area contributed by atoms with Crippen LogP contribution in [0.15, 0.2) is 0 Å². The first-order valence-electron chi connectivity index (χ1n) is 4.92. The minimum absolute atomic E-state index is 0.375. The van der Waals surface area contributed by atoms with Crippen LogP contribution in [0.4, 0.5) is 0 Å². The summed E-state index contributed by atoms with van der Waals surface area (Å²) in [5.41, 5.74) is 0. The number of rotatable bonds is 5.